The molecule has 0 aliphatic carbocycles. The molecule has 0 unspecified atom stereocenters. The van der Waals surface area contributed by atoms with Gasteiger partial charge in [0.2, 0.25) is 0 Å². The van der Waals surface area contributed by atoms with E-state index in [4.69, 9.17) is 0 Å². The van der Waals surface area contributed by atoms with Crippen molar-refractivity contribution in [1.82, 2.24) is 0 Å². The Kier molecular flexibility index (Phi) is 6.35. The van der Waals surface area contributed by atoms with Crippen LogP contribution in [0, 0.1) is 19.3 Å². The monoisotopic (exact) mass is 378 g/mol. The number of aliphatic hydroxyl groups excluding tert-OH is 1. The second kappa shape index (κ2) is 7.94. The van der Waals surface area contributed by atoms with Crippen molar-refractivity contribution >= 4 is 21.6 Å². The third kappa shape index (κ3) is 4.87. The highest BCUT2D eigenvalue weighted by atomic mass is 32.2. The molecule has 0 aliphatic heterocycles. The average molecular weight is 379 g/mol. The molecule has 0 saturated carbocycles. The minimum atomic E-state index is -1.59. The average Bonchev–Trinajstić information content (AvgIpc) is 2.55. The molecule has 3 nitrogen and oxygen atoms in total. The minimum Gasteiger partial charge on any atom is -0.390 e. The number of hydrogen-bond donors (Lipinski definition) is 1. The first-order valence-corrected chi connectivity index (χ1v) is 10.7. The number of benzene rings is 2. The van der Waals surface area contributed by atoms with Gasteiger partial charge in [-0.25, -0.2) is 0 Å². The van der Waals surface area contributed by atoms with Crippen molar-refractivity contribution in [2.45, 2.75) is 55.1 Å². The summed E-state index contributed by atoms with van der Waals surface area (Å²) < 4.78 is 25.5. The van der Waals surface area contributed by atoms with Gasteiger partial charge in [0.15, 0.2) is 0 Å². The highest BCUT2D eigenvalue weighted by Gasteiger charge is 2.39. The van der Waals surface area contributed by atoms with Crippen LogP contribution < -0.4 is 0 Å². The molecule has 3 atom stereocenters. The Morgan fingerprint density at radius 1 is 0.760 bits per heavy atom. The molecule has 0 heterocycles. The van der Waals surface area contributed by atoms with Gasteiger partial charge in [-0.3, -0.25) is 8.42 Å². The van der Waals surface area contributed by atoms with Gasteiger partial charge < -0.3 is 5.11 Å². The summed E-state index contributed by atoms with van der Waals surface area (Å²) in [7, 11) is -3.18. The van der Waals surface area contributed by atoms with Crippen LogP contribution in [0.4, 0.5) is 0 Å². The van der Waals surface area contributed by atoms with Gasteiger partial charge in [0, 0.05) is 9.79 Å². The fourth-order valence-electron chi connectivity index (χ4n) is 2.33. The van der Waals surface area contributed by atoms with Crippen LogP contribution in [0.2, 0.25) is 0 Å². The fourth-order valence-corrected chi connectivity index (χ4v) is 6.27. The highest BCUT2D eigenvalue weighted by molar-refractivity contribution is 8.03. The van der Waals surface area contributed by atoms with E-state index >= 15 is 0 Å². The molecule has 0 aliphatic rings. The zero-order valence-electron chi connectivity index (χ0n) is 15.4. The molecule has 25 heavy (non-hydrogen) atoms. The lowest BCUT2D eigenvalue weighted by atomic mass is 9.90. The Balaban J connectivity index is 2.45. The summed E-state index contributed by atoms with van der Waals surface area (Å²) in [6.07, 6.45) is -0.975. The molecule has 0 aromatic heterocycles. The number of aryl methyl sites for hydroxylation is 2. The van der Waals surface area contributed by atoms with Crippen molar-refractivity contribution in [1.29, 1.82) is 0 Å². The van der Waals surface area contributed by atoms with Crippen molar-refractivity contribution in [2.75, 3.05) is 0 Å². The van der Waals surface area contributed by atoms with Crippen molar-refractivity contribution in [2.24, 2.45) is 5.41 Å². The molecule has 5 heteroatoms. The van der Waals surface area contributed by atoms with Crippen molar-refractivity contribution in [3.63, 3.8) is 0 Å². The number of aliphatic hydroxyl groups is 1. The van der Waals surface area contributed by atoms with Crippen LogP contribution in [-0.2, 0) is 21.6 Å². The van der Waals surface area contributed by atoms with Crippen LogP contribution in [0.25, 0.3) is 0 Å². The third-order valence-corrected chi connectivity index (χ3v) is 7.96. The molecular formula is C20H26O3S2. The fraction of sp³-hybridized carbons (Fsp3) is 0.400. The molecule has 0 radical (unpaired) electrons. The SMILES string of the molecule is Cc1ccc([S@](=O)C([C@H](O)C(C)(C)C)[S@@](=O)c2ccc(C)cc2)cc1. The summed E-state index contributed by atoms with van der Waals surface area (Å²) in [6, 6.07) is 14.6. The molecule has 0 amide bonds. The summed E-state index contributed by atoms with van der Waals surface area (Å²) in [6.45, 7) is 9.51. The first kappa shape index (κ1) is 20.0. The summed E-state index contributed by atoms with van der Waals surface area (Å²) >= 11 is 0. The zero-order valence-corrected chi connectivity index (χ0v) is 17.0. The van der Waals surface area contributed by atoms with E-state index < -0.39 is 37.7 Å². The number of rotatable bonds is 5. The predicted octanol–water partition coefficient (Wildman–Crippen LogP) is 3.95. The molecule has 0 spiro atoms. The molecule has 1 N–H and O–H groups in total. The predicted molar refractivity (Wildman–Crippen MR) is 104 cm³/mol. The standard InChI is InChI=1S/C20H26O3S2/c1-14-6-10-16(11-7-14)24(22)19(18(21)20(3,4)5)25(23)17-12-8-15(2)9-13-17/h6-13,18-19,21H,1-5H3/t18-,24-,25-/m0/s1. The molecular weight excluding hydrogens is 352 g/mol. The Labute approximate surface area is 155 Å². The second-order valence-electron chi connectivity index (χ2n) is 7.40. The highest BCUT2D eigenvalue weighted by Crippen LogP contribution is 2.31. The molecule has 0 fully saturated rings. The summed E-state index contributed by atoms with van der Waals surface area (Å²) in [4.78, 5) is 1.17. The summed E-state index contributed by atoms with van der Waals surface area (Å²) in [5, 5.41) is 10.8. The van der Waals surface area contributed by atoms with Crippen LogP contribution in [0.3, 0.4) is 0 Å². The summed E-state index contributed by atoms with van der Waals surface area (Å²) in [5.41, 5.74) is 1.59. The quantitative estimate of drug-likeness (QED) is 0.857. The van der Waals surface area contributed by atoms with Gasteiger partial charge in [0.25, 0.3) is 0 Å². The van der Waals surface area contributed by atoms with E-state index in [-0.39, 0.29) is 0 Å². The van der Waals surface area contributed by atoms with Gasteiger partial charge in [0.05, 0.1) is 27.7 Å². The topological polar surface area (TPSA) is 54.4 Å². The van der Waals surface area contributed by atoms with E-state index in [0.717, 1.165) is 11.1 Å². The number of hydrogen-bond acceptors (Lipinski definition) is 3. The molecule has 2 aromatic carbocycles. The lowest BCUT2D eigenvalue weighted by Crippen LogP contribution is -2.43. The maximum absolute atomic E-state index is 13.2. The van der Waals surface area contributed by atoms with Crippen LogP contribution >= 0.6 is 0 Å². The maximum atomic E-state index is 13.2. The van der Waals surface area contributed by atoms with Gasteiger partial charge in [0.1, 0.15) is 4.58 Å². The van der Waals surface area contributed by atoms with Crippen LogP contribution in [0.15, 0.2) is 58.3 Å². The van der Waals surface area contributed by atoms with E-state index in [2.05, 4.69) is 0 Å². The van der Waals surface area contributed by atoms with Crippen LogP contribution in [-0.4, -0.2) is 24.2 Å². The maximum Gasteiger partial charge on any atom is 0.145 e. The Hall–Kier alpha value is -1.30. The third-order valence-electron chi connectivity index (χ3n) is 4.07. The Bertz CT molecular complexity index is 702. The van der Waals surface area contributed by atoms with Gasteiger partial charge in [-0.15, -0.1) is 0 Å². The van der Waals surface area contributed by atoms with E-state index in [1.165, 1.54) is 0 Å². The zero-order chi connectivity index (χ0) is 18.8. The van der Waals surface area contributed by atoms with E-state index in [1.807, 2.05) is 58.9 Å². The lowest BCUT2D eigenvalue weighted by Gasteiger charge is -2.32. The van der Waals surface area contributed by atoms with E-state index in [0.29, 0.717) is 9.79 Å². The Morgan fingerprint density at radius 2 is 1.08 bits per heavy atom. The van der Waals surface area contributed by atoms with Crippen LogP contribution in [0.1, 0.15) is 31.9 Å². The van der Waals surface area contributed by atoms with Gasteiger partial charge in [-0.05, 0) is 43.5 Å². The van der Waals surface area contributed by atoms with Crippen molar-refractivity contribution in [3.05, 3.63) is 59.7 Å². The van der Waals surface area contributed by atoms with Crippen molar-refractivity contribution < 1.29 is 13.5 Å². The first-order chi connectivity index (χ1) is 11.6. The van der Waals surface area contributed by atoms with Gasteiger partial charge >= 0.3 is 0 Å². The van der Waals surface area contributed by atoms with Gasteiger partial charge in [-0.2, -0.15) is 0 Å². The largest absolute Gasteiger partial charge is 0.390 e. The molecule has 2 rings (SSSR count). The smallest absolute Gasteiger partial charge is 0.145 e. The molecule has 136 valence electrons. The normalized spacial score (nSPS) is 15.8. The molecule has 2 aromatic rings. The first-order valence-electron chi connectivity index (χ1n) is 8.24. The van der Waals surface area contributed by atoms with Crippen LogP contribution in [0.5, 0.6) is 0 Å². The lowest BCUT2D eigenvalue weighted by molar-refractivity contribution is 0.0759. The van der Waals surface area contributed by atoms with E-state index in [9.17, 15) is 13.5 Å². The van der Waals surface area contributed by atoms with Gasteiger partial charge in [-0.1, -0.05) is 56.2 Å². The molecule has 0 bridgehead atoms. The van der Waals surface area contributed by atoms with Crippen molar-refractivity contribution in [3.8, 4) is 0 Å². The summed E-state index contributed by atoms with van der Waals surface area (Å²) in [5.74, 6) is 0. The molecule has 0 saturated heterocycles. The van der Waals surface area contributed by atoms with E-state index in [1.54, 1.807) is 24.3 Å². The minimum absolute atomic E-state index is 0.536. The Morgan fingerprint density at radius 3 is 1.36 bits per heavy atom. The second-order valence-corrected chi connectivity index (χ2v) is 10.8.